The molecular formula is C14H15N3O3S. The maximum Gasteiger partial charge on any atom is 0.264 e. The summed E-state index contributed by atoms with van der Waals surface area (Å²) in [5.74, 6) is -0.740. The first kappa shape index (κ1) is 13.8. The molecule has 110 valence electrons. The molecule has 1 atom stereocenters. The molecule has 0 radical (unpaired) electrons. The van der Waals surface area contributed by atoms with E-state index in [4.69, 9.17) is 16.2 Å². The highest BCUT2D eigenvalue weighted by atomic mass is 32.1. The summed E-state index contributed by atoms with van der Waals surface area (Å²) in [6, 6.07) is 6.60. The molecule has 0 spiro atoms. The topological polar surface area (TPSA) is 98.7 Å². The van der Waals surface area contributed by atoms with Gasteiger partial charge in [-0.3, -0.25) is 9.59 Å². The third-order valence-electron chi connectivity index (χ3n) is 3.47. The van der Waals surface area contributed by atoms with E-state index in [1.54, 1.807) is 12.1 Å². The summed E-state index contributed by atoms with van der Waals surface area (Å²) in [6.45, 7) is 0.926. The number of anilines is 1. The largest absolute Gasteiger partial charge is 0.399 e. The van der Waals surface area contributed by atoms with Crippen molar-refractivity contribution in [3.05, 3.63) is 29.1 Å². The van der Waals surface area contributed by atoms with E-state index in [2.05, 4.69) is 0 Å². The first-order valence-electron chi connectivity index (χ1n) is 6.53. The van der Waals surface area contributed by atoms with Crippen molar-refractivity contribution in [1.29, 1.82) is 0 Å². The van der Waals surface area contributed by atoms with E-state index in [-0.39, 0.29) is 12.5 Å². The Morgan fingerprint density at radius 1 is 1.33 bits per heavy atom. The van der Waals surface area contributed by atoms with E-state index >= 15 is 0 Å². The molecule has 1 aromatic carbocycles. The van der Waals surface area contributed by atoms with Gasteiger partial charge in [0.05, 0.1) is 18.1 Å². The summed E-state index contributed by atoms with van der Waals surface area (Å²) in [7, 11) is 0. The number of morpholine rings is 1. The van der Waals surface area contributed by atoms with Crippen molar-refractivity contribution in [1.82, 2.24) is 4.90 Å². The molecule has 0 aliphatic carbocycles. The Bertz CT molecular complexity index is 713. The van der Waals surface area contributed by atoms with Gasteiger partial charge in [0.1, 0.15) is 6.04 Å². The van der Waals surface area contributed by atoms with Crippen LogP contribution in [0.25, 0.3) is 10.1 Å². The summed E-state index contributed by atoms with van der Waals surface area (Å²) < 4.78 is 6.21. The Morgan fingerprint density at radius 3 is 2.90 bits per heavy atom. The third-order valence-corrected chi connectivity index (χ3v) is 4.57. The Labute approximate surface area is 125 Å². The minimum Gasteiger partial charge on any atom is -0.399 e. The van der Waals surface area contributed by atoms with E-state index in [1.807, 2.05) is 12.1 Å². The quantitative estimate of drug-likeness (QED) is 0.802. The van der Waals surface area contributed by atoms with E-state index in [1.165, 1.54) is 16.2 Å². The lowest BCUT2D eigenvalue weighted by Crippen LogP contribution is -2.54. The van der Waals surface area contributed by atoms with Gasteiger partial charge in [0.2, 0.25) is 5.91 Å². The normalized spacial score (nSPS) is 18.9. The minimum atomic E-state index is -0.707. The molecule has 4 N–H and O–H groups in total. The fourth-order valence-electron chi connectivity index (χ4n) is 2.39. The molecular weight excluding hydrogens is 290 g/mol. The molecule has 1 aliphatic heterocycles. The van der Waals surface area contributed by atoms with Gasteiger partial charge in [-0.1, -0.05) is 0 Å². The van der Waals surface area contributed by atoms with E-state index < -0.39 is 11.9 Å². The number of fused-ring (bicyclic) bond motifs is 1. The predicted molar refractivity (Wildman–Crippen MR) is 81.1 cm³/mol. The molecule has 21 heavy (non-hydrogen) atoms. The Balaban J connectivity index is 1.93. The van der Waals surface area contributed by atoms with Gasteiger partial charge in [0, 0.05) is 16.9 Å². The summed E-state index contributed by atoms with van der Waals surface area (Å²) in [5.41, 5.74) is 11.7. The maximum absolute atomic E-state index is 12.6. The van der Waals surface area contributed by atoms with Crippen LogP contribution in [0, 0.1) is 0 Å². The fourth-order valence-corrected chi connectivity index (χ4v) is 3.39. The number of nitrogens with zero attached hydrogens (tertiary/aromatic N) is 1. The van der Waals surface area contributed by atoms with E-state index in [9.17, 15) is 9.59 Å². The molecule has 6 nitrogen and oxygen atoms in total. The average molecular weight is 305 g/mol. The number of rotatable bonds is 2. The number of primary amides is 1. The number of hydrogen-bond acceptors (Lipinski definition) is 5. The number of amides is 2. The minimum absolute atomic E-state index is 0.152. The van der Waals surface area contributed by atoms with Crippen LogP contribution in [-0.4, -0.2) is 42.5 Å². The molecule has 0 bridgehead atoms. The second-order valence-electron chi connectivity index (χ2n) is 4.90. The van der Waals surface area contributed by atoms with Crippen molar-refractivity contribution in [2.75, 3.05) is 25.5 Å². The van der Waals surface area contributed by atoms with Gasteiger partial charge in [-0.25, -0.2) is 0 Å². The van der Waals surface area contributed by atoms with Crippen molar-refractivity contribution < 1.29 is 14.3 Å². The molecule has 1 fully saturated rings. The zero-order chi connectivity index (χ0) is 15.0. The molecule has 1 aromatic heterocycles. The number of carbonyl (C=O) groups is 2. The lowest BCUT2D eigenvalue weighted by molar-refractivity contribution is -0.127. The van der Waals surface area contributed by atoms with Gasteiger partial charge in [-0.05, 0) is 29.7 Å². The number of benzene rings is 1. The van der Waals surface area contributed by atoms with Crippen LogP contribution in [0.3, 0.4) is 0 Å². The second kappa shape index (κ2) is 5.34. The van der Waals surface area contributed by atoms with Crippen molar-refractivity contribution in [2.24, 2.45) is 5.73 Å². The lowest BCUT2D eigenvalue weighted by atomic mass is 10.2. The highest BCUT2D eigenvalue weighted by molar-refractivity contribution is 7.20. The summed E-state index contributed by atoms with van der Waals surface area (Å²) in [4.78, 5) is 26.1. The number of carbonyl (C=O) groups excluding carboxylic acids is 2. The summed E-state index contributed by atoms with van der Waals surface area (Å²) in [5, 5.41) is 0.923. The van der Waals surface area contributed by atoms with Crippen LogP contribution < -0.4 is 11.5 Å². The van der Waals surface area contributed by atoms with Crippen molar-refractivity contribution in [3.63, 3.8) is 0 Å². The predicted octanol–water partition coefficient (Wildman–Crippen LogP) is 0.810. The SMILES string of the molecule is NC(=O)C1COCCN1C(=O)c1cc2cc(N)ccc2s1. The monoisotopic (exact) mass is 305 g/mol. The fraction of sp³-hybridized carbons (Fsp3) is 0.286. The van der Waals surface area contributed by atoms with Gasteiger partial charge in [-0.2, -0.15) is 0 Å². The molecule has 2 aromatic rings. The number of nitrogen functional groups attached to an aromatic ring is 1. The van der Waals surface area contributed by atoms with Crippen LogP contribution in [0.5, 0.6) is 0 Å². The summed E-state index contributed by atoms with van der Waals surface area (Å²) in [6.07, 6.45) is 0. The van der Waals surface area contributed by atoms with Crippen LogP contribution in [0.1, 0.15) is 9.67 Å². The zero-order valence-electron chi connectivity index (χ0n) is 11.2. The van der Waals surface area contributed by atoms with Crippen LogP contribution >= 0.6 is 11.3 Å². The van der Waals surface area contributed by atoms with Gasteiger partial charge in [0.25, 0.3) is 5.91 Å². The highest BCUT2D eigenvalue weighted by Crippen LogP contribution is 2.28. The zero-order valence-corrected chi connectivity index (χ0v) is 12.1. The molecule has 7 heteroatoms. The molecule has 3 rings (SSSR count). The first-order valence-corrected chi connectivity index (χ1v) is 7.35. The highest BCUT2D eigenvalue weighted by Gasteiger charge is 2.32. The van der Waals surface area contributed by atoms with E-state index in [0.29, 0.717) is 23.7 Å². The Hall–Kier alpha value is -2.12. The molecule has 1 aliphatic rings. The van der Waals surface area contributed by atoms with Crippen LogP contribution in [-0.2, 0) is 9.53 Å². The number of nitrogens with two attached hydrogens (primary N) is 2. The number of hydrogen-bond donors (Lipinski definition) is 2. The molecule has 1 unspecified atom stereocenters. The molecule has 0 saturated carbocycles. The smallest absolute Gasteiger partial charge is 0.264 e. The van der Waals surface area contributed by atoms with Crippen LogP contribution in [0.4, 0.5) is 5.69 Å². The van der Waals surface area contributed by atoms with Gasteiger partial charge in [0.15, 0.2) is 0 Å². The molecule has 2 heterocycles. The molecule has 1 saturated heterocycles. The van der Waals surface area contributed by atoms with Crippen molar-refractivity contribution in [3.8, 4) is 0 Å². The first-order chi connectivity index (χ1) is 10.1. The maximum atomic E-state index is 12.6. The average Bonchev–Trinajstić information content (AvgIpc) is 2.89. The standard InChI is InChI=1S/C14H15N3O3S/c15-9-1-2-11-8(5-9)6-12(21-11)14(19)17-3-4-20-7-10(17)13(16)18/h1-2,5-6,10H,3-4,7,15H2,(H2,16,18). The second-order valence-corrected chi connectivity index (χ2v) is 5.98. The summed E-state index contributed by atoms with van der Waals surface area (Å²) >= 11 is 1.38. The third kappa shape index (κ3) is 2.57. The van der Waals surface area contributed by atoms with E-state index in [0.717, 1.165) is 10.1 Å². The number of thiophene rings is 1. The van der Waals surface area contributed by atoms with Gasteiger partial charge >= 0.3 is 0 Å². The van der Waals surface area contributed by atoms with Crippen LogP contribution in [0.15, 0.2) is 24.3 Å². The Morgan fingerprint density at radius 2 is 2.14 bits per heavy atom. The molecule has 2 amide bonds. The van der Waals surface area contributed by atoms with Crippen molar-refractivity contribution in [2.45, 2.75) is 6.04 Å². The van der Waals surface area contributed by atoms with Crippen LogP contribution in [0.2, 0.25) is 0 Å². The lowest BCUT2D eigenvalue weighted by Gasteiger charge is -2.33. The Kier molecular flexibility index (Phi) is 3.52. The number of ether oxygens (including phenoxy) is 1. The van der Waals surface area contributed by atoms with Crippen molar-refractivity contribution >= 4 is 38.9 Å². The van der Waals surface area contributed by atoms with Gasteiger partial charge < -0.3 is 21.1 Å². The van der Waals surface area contributed by atoms with Gasteiger partial charge in [-0.15, -0.1) is 11.3 Å².